The maximum absolute atomic E-state index is 6.51. The Balaban J connectivity index is 1.11. The Morgan fingerprint density at radius 1 is 0.388 bits per heavy atom. The largest absolute Gasteiger partial charge is 0.456 e. The average molecular weight is 633 g/mol. The van der Waals surface area contributed by atoms with E-state index in [1.54, 1.807) is 0 Å². The first-order valence-corrected chi connectivity index (χ1v) is 16.2. The molecule has 0 saturated carbocycles. The summed E-state index contributed by atoms with van der Waals surface area (Å²) in [6.45, 7) is 0. The number of hydrogen-bond donors (Lipinski definition) is 0. The van der Waals surface area contributed by atoms with Crippen molar-refractivity contribution in [1.29, 1.82) is 0 Å². The third-order valence-electron chi connectivity index (χ3n) is 9.49. The summed E-state index contributed by atoms with van der Waals surface area (Å²) in [4.78, 5) is 7.00. The number of para-hydroxylation sites is 2. The Hall–Kier alpha value is -6.79. The summed E-state index contributed by atoms with van der Waals surface area (Å²) >= 11 is 0. The smallest absolute Gasteiger partial charge is 0.227 e. The number of aromatic nitrogens is 1. The van der Waals surface area contributed by atoms with Crippen LogP contribution >= 0.6 is 0 Å². The highest BCUT2D eigenvalue weighted by Crippen LogP contribution is 2.43. The minimum atomic E-state index is 0.585. The zero-order valence-electron chi connectivity index (χ0n) is 25.9. The normalized spacial score (nSPS) is 12.1. The van der Waals surface area contributed by atoms with Crippen LogP contribution in [0.5, 0.6) is 0 Å². The molecule has 6 heteroatoms. The van der Waals surface area contributed by atoms with Crippen LogP contribution in [0.2, 0.25) is 0 Å². The third-order valence-corrected chi connectivity index (χ3v) is 9.49. The standard InChI is InChI=1S/C43H24N2O4/c1-2-8-25(9-3-1)43-44-34-20-21-37-41(42(34)49-43)33-19-16-28(24-40(33)48-37)45(26-14-17-31-29-10-4-6-12-35(29)46-38(31)22-26)27-15-18-32-30-11-5-7-13-36(30)47-39(32)23-27/h1-24H. The topological polar surface area (TPSA) is 68.7 Å². The molecule has 0 unspecified atom stereocenters. The monoisotopic (exact) mass is 632 g/mol. The van der Waals surface area contributed by atoms with E-state index < -0.39 is 0 Å². The van der Waals surface area contributed by atoms with Crippen molar-refractivity contribution in [2.75, 3.05) is 4.90 Å². The number of rotatable bonds is 4. The van der Waals surface area contributed by atoms with Crippen LogP contribution in [0.3, 0.4) is 0 Å². The molecule has 6 nitrogen and oxygen atoms in total. The van der Waals surface area contributed by atoms with Gasteiger partial charge in [0, 0.05) is 67.8 Å². The van der Waals surface area contributed by atoms with Gasteiger partial charge in [0.2, 0.25) is 5.89 Å². The zero-order valence-corrected chi connectivity index (χ0v) is 25.9. The fourth-order valence-electron chi connectivity index (χ4n) is 7.23. The SMILES string of the molecule is c1ccc(-c2nc3ccc4oc5cc(N(c6ccc7c(c6)oc6ccccc67)c6ccc7c(c6)oc6ccccc67)ccc5c4c3o2)cc1. The average Bonchev–Trinajstić information content (AvgIpc) is 3.92. The van der Waals surface area contributed by atoms with E-state index >= 15 is 0 Å². The van der Waals surface area contributed by atoms with Crippen molar-refractivity contribution in [2.24, 2.45) is 0 Å². The van der Waals surface area contributed by atoms with Crippen LogP contribution < -0.4 is 4.90 Å². The number of oxazole rings is 1. The number of furan rings is 3. The summed E-state index contributed by atoms with van der Waals surface area (Å²) in [7, 11) is 0. The van der Waals surface area contributed by atoms with Gasteiger partial charge in [-0.2, -0.15) is 0 Å². The molecule has 0 atom stereocenters. The summed E-state index contributed by atoms with van der Waals surface area (Å²) in [5.41, 5.74) is 10.1. The van der Waals surface area contributed by atoms with Gasteiger partial charge in [-0.15, -0.1) is 0 Å². The maximum Gasteiger partial charge on any atom is 0.227 e. The van der Waals surface area contributed by atoms with E-state index in [1.807, 2.05) is 78.9 Å². The lowest BCUT2D eigenvalue weighted by Gasteiger charge is -2.25. The molecule has 0 amide bonds. The van der Waals surface area contributed by atoms with Crippen molar-refractivity contribution in [3.63, 3.8) is 0 Å². The molecule has 0 aliphatic heterocycles. The predicted molar refractivity (Wildman–Crippen MR) is 196 cm³/mol. The molecule has 7 aromatic carbocycles. The second kappa shape index (κ2) is 9.86. The van der Waals surface area contributed by atoms with Gasteiger partial charge < -0.3 is 22.6 Å². The summed E-state index contributed by atoms with van der Waals surface area (Å²) in [6.07, 6.45) is 0. The maximum atomic E-state index is 6.51. The summed E-state index contributed by atoms with van der Waals surface area (Å²) < 4.78 is 25.5. The molecule has 0 fully saturated rings. The summed E-state index contributed by atoms with van der Waals surface area (Å²) in [5.74, 6) is 0.585. The van der Waals surface area contributed by atoms with E-state index in [9.17, 15) is 0 Å². The number of hydrogen-bond acceptors (Lipinski definition) is 6. The molecule has 0 saturated heterocycles. The van der Waals surface area contributed by atoms with E-state index in [-0.39, 0.29) is 0 Å². The lowest BCUT2D eigenvalue weighted by atomic mass is 10.1. The van der Waals surface area contributed by atoms with Crippen LogP contribution in [0.25, 0.3) is 88.4 Å². The van der Waals surface area contributed by atoms with Gasteiger partial charge in [-0.3, -0.25) is 0 Å². The van der Waals surface area contributed by atoms with Gasteiger partial charge in [0.1, 0.15) is 39.0 Å². The minimum Gasteiger partial charge on any atom is -0.456 e. The van der Waals surface area contributed by atoms with Crippen molar-refractivity contribution >= 4 is 94.0 Å². The number of fused-ring (bicyclic) bond motifs is 11. The molecule has 11 rings (SSSR count). The first-order valence-electron chi connectivity index (χ1n) is 16.2. The predicted octanol–water partition coefficient (Wildman–Crippen LogP) is 12.7. The van der Waals surface area contributed by atoms with Gasteiger partial charge in [-0.1, -0.05) is 54.6 Å². The molecular weight excluding hydrogens is 608 g/mol. The zero-order chi connectivity index (χ0) is 32.1. The van der Waals surface area contributed by atoms with Crippen LogP contribution in [0.1, 0.15) is 0 Å². The Labute approximate surface area is 278 Å². The molecule has 0 spiro atoms. The van der Waals surface area contributed by atoms with Gasteiger partial charge in [0.05, 0.1) is 5.39 Å². The van der Waals surface area contributed by atoms with Crippen LogP contribution in [0.4, 0.5) is 17.1 Å². The van der Waals surface area contributed by atoms with Gasteiger partial charge in [0.25, 0.3) is 0 Å². The lowest BCUT2D eigenvalue weighted by molar-refractivity contribution is 0.622. The molecule has 0 N–H and O–H groups in total. The van der Waals surface area contributed by atoms with Crippen LogP contribution in [-0.4, -0.2) is 4.98 Å². The fraction of sp³-hybridized carbons (Fsp3) is 0. The lowest BCUT2D eigenvalue weighted by Crippen LogP contribution is -2.09. The quantitative estimate of drug-likeness (QED) is 0.192. The van der Waals surface area contributed by atoms with E-state index in [0.717, 1.165) is 94.0 Å². The highest BCUT2D eigenvalue weighted by molar-refractivity contribution is 6.17. The Morgan fingerprint density at radius 2 is 0.898 bits per heavy atom. The molecule has 230 valence electrons. The number of anilines is 3. The van der Waals surface area contributed by atoms with Crippen molar-refractivity contribution in [1.82, 2.24) is 4.98 Å². The Morgan fingerprint density at radius 3 is 1.53 bits per heavy atom. The van der Waals surface area contributed by atoms with E-state index in [4.69, 9.17) is 22.7 Å². The van der Waals surface area contributed by atoms with Gasteiger partial charge in [-0.05, 0) is 72.8 Å². The van der Waals surface area contributed by atoms with Gasteiger partial charge >= 0.3 is 0 Å². The van der Waals surface area contributed by atoms with E-state index in [1.165, 1.54) is 0 Å². The van der Waals surface area contributed by atoms with E-state index in [2.05, 4.69) is 71.6 Å². The number of nitrogens with zero attached hydrogens (tertiary/aromatic N) is 2. The highest BCUT2D eigenvalue weighted by Gasteiger charge is 2.21. The fourth-order valence-corrected chi connectivity index (χ4v) is 7.23. The van der Waals surface area contributed by atoms with Crippen molar-refractivity contribution in [3.05, 3.63) is 146 Å². The third kappa shape index (κ3) is 3.92. The van der Waals surface area contributed by atoms with Crippen LogP contribution in [0, 0.1) is 0 Å². The second-order valence-electron chi connectivity index (χ2n) is 12.3. The minimum absolute atomic E-state index is 0.585. The molecular formula is C43H24N2O4. The molecule has 4 heterocycles. The Kier molecular flexibility index (Phi) is 5.29. The Bertz CT molecular complexity index is 2960. The highest BCUT2D eigenvalue weighted by atomic mass is 16.4. The molecule has 0 aliphatic rings. The van der Waals surface area contributed by atoms with Gasteiger partial charge in [-0.25, -0.2) is 4.98 Å². The van der Waals surface area contributed by atoms with Gasteiger partial charge in [0.15, 0.2) is 5.58 Å². The number of benzene rings is 7. The van der Waals surface area contributed by atoms with Crippen molar-refractivity contribution in [3.8, 4) is 11.5 Å². The molecule has 0 bridgehead atoms. The molecule has 11 aromatic rings. The first-order chi connectivity index (χ1) is 24.2. The summed E-state index contributed by atoms with van der Waals surface area (Å²) in [5, 5.41) is 6.21. The first kappa shape index (κ1) is 26.3. The van der Waals surface area contributed by atoms with Crippen molar-refractivity contribution in [2.45, 2.75) is 0 Å². The molecule has 4 aromatic heterocycles. The molecule has 0 aliphatic carbocycles. The second-order valence-corrected chi connectivity index (χ2v) is 12.3. The van der Waals surface area contributed by atoms with Crippen LogP contribution in [-0.2, 0) is 0 Å². The summed E-state index contributed by atoms with van der Waals surface area (Å²) in [6, 6.07) is 49.2. The van der Waals surface area contributed by atoms with Crippen molar-refractivity contribution < 1.29 is 17.7 Å². The van der Waals surface area contributed by atoms with Crippen LogP contribution in [0.15, 0.2) is 163 Å². The molecule has 49 heavy (non-hydrogen) atoms. The molecule has 0 radical (unpaired) electrons. The van der Waals surface area contributed by atoms with E-state index in [0.29, 0.717) is 11.5 Å².